The summed E-state index contributed by atoms with van der Waals surface area (Å²) in [5.74, 6) is 1.59. The summed E-state index contributed by atoms with van der Waals surface area (Å²) >= 11 is 3.53. The van der Waals surface area contributed by atoms with Gasteiger partial charge in [0.25, 0.3) is 0 Å². The van der Waals surface area contributed by atoms with Gasteiger partial charge < -0.3 is 10.6 Å². The van der Waals surface area contributed by atoms with Gasteiger partial charge in [0, 0.05) is 18.8 Å². The molecule has 1 atom stereocenters. The molecule has 0 aromatic carbocycles. The highest BCUT2D eigenvalue weighted by atomic mass is 79.9. The number of anilines is 2. The van der Waals surface area contributed by atoms with E-state index in [2.05, 4.69) is 57.3 Å². The molecule has 1 aromatic rings. The highest BCUT2D eigenvalue weighted by molar-refractivity contribution is 9.10. The molecule has 0 amide bonds. The molecule has 2 rings (SSSR count). The quantitative estimate of drug-likeness (QED) is 0.856. The number of halogens is 1. The van der Waals surface area contributed by atoms with Gasteiger partial charge in [-0.15, -0.1) is 0 Å². The fourth-order valence-corrected chi connectivity index (χ4v) is 2.86. The lowest BCUT2D eigenvalue weighted by Gasteiger charge is -2.28. The minimum Gasteiger partial charge on any atom is -0.366 e. The number of aromatic nitrogens is 2. The van der Waals surface area contributed by atoms with E-state index in [0.29, 0.717) is 17.4 Å². The first-order chi connectivity index (χ1) is 9.03. The Hall–Kier alpha value is -0.840. The van der Waals surface area contributed by atoms with Crippen molar-refractivity contribution in [3.8, 4) is 0 Å². The van der Waals surface area contributed by atoms with Gasteiger partial charge in [-0.3, -0.25) is 0 Å². The summed E-state index contributed by atoms with van der Waals surface area (Å²) in [5.41, 5.74) is 0.335. The van der Waals surface area contributed by atoms with E-state index in [1.165, 1.54) is 19.3 Å². The Labute approximate surface area is 123 Å². The zero-order valence-electron chi connectivity index (χ0n) is 12.0. The summed E-state index contributed by atoms with van der Waals surface area (Å²) in [6.07, 6.45) is 6.65. The maximum absolute atomic E-state index is 4.56. The number of hydrogen-bond donors (Lipinski definition) is 2. The Morgan fingerprint density at radius 2 is 2.26 bits per heavy atom. The van der Waals surface area contributed by atoms with Crippen molar-refractivity contribution in [1.82, 2.24) is 9.97 Å². The molecule has 0 bridgehead atoms. The average Bonchev–Trinajstić information content (AvgIpc) is 2.70. The van der Waals surface area contributed by atoms with E-state index in [0.717, 1.165) is 23.3 Å². The molecule has 0 radical (unpaired) electrons. The first kappa shape index (κ1) is 14.6. The Morgan fingerprint density at radius 3 is 2.89 bits per heavy atom. The second-order valence-electron chi connectivity index (χ2n) is 5.89. The van der Waals surface area contributed by atoms with Crippen molar-refractivity contribution in [3.05, 3.63) is 10.7 Å². The van der Waals surface area contributed by atoms with Crippen LogP contribution in [0.15, 0.2) is 10.7 Å². The molecule has 2 N–H and O–H groups in total. The molecular weight excluding hydrogens is 304 g/mol. The number of rotatable bonds is 5. The highest BCUT2D eigenvalue weighted by Crippen LogP contribution is 2.39. The SMILES string of the molecule is CCCNc1ncc(Br)c(NC2CCCC2(C)C)n1. The van der Waals surface area contributed by atoms with Crippen LogP contribution in [0.1, 0.15) is 46.5 Å². The second kappa shape index (κ2) is 6.07. The van der Waals surface area contributed by atoms with Crippen LogP contribution in [0, 0.1) is 5.41 Å². The molecule has 0 saturated heterocycles. The zero-order valence-corrected chi connectivity index (χ0v) is 13.5. The van der Waals surface area contributed by atoms with Crippen LogP contribution in [0.2, 0.25) is 0 Å². The minimum atomic E-state index is 0.335. The predicted molar refractivity (Wildman–Crippen MR) is 83.6 cm³/mol. The van der Waals surface area contributed by atoms with Crippen LogP contribution >= 0.6 is 15.9 Å². The van der Waals surface area contributed by atoms with Gasteiger partial charge in [0.15, 0.2) is 0 Å². The predicted octanol–water partition coefficient (Wildman–Crippen LogP) is 4.05. The molecule has 0 spiro atoms. The van der Waals surface area contributed by atoms with Gasteiger partial charge in [-0.25, -0.2) is 4.98 Å². The van der Waals surface area contributed by atoms with Crippen LogP contribution in [0.4, 0.5) is 11.8 Å². The van der Waals surface area contributed by atoms with E-state index in [1.807, 2.05) is 6.20 Å². The van der Waals surface area contributed by atoms with Crippen molar-refractivity contribution in [1.29, 1.82) is 0 Å². The van der Waals surface area contributed by atoms with Crippen LogP contribution in [-0.2, 0) is 0 Å². The Balaban J connectivity index is 2.10. The largest absolute Gasteiger partial charge is 0.366 e. The Kier molecular flexibility index (Phi) is 4.66. The van der Waals surface area contributed by atoms with Crippen molar-refractivity contribution in [2.75, 3.05) is 17.2 Å². The smallest absolute Gasteiger partial charge is 0.224 e. The molecule has 1 aromatic heterocycles. The monoisotopic (exact) mass is 326 g/mol. The zero-order chi connectivity index (χ0) is 13.9. The molecule has 4 nitrogen and oxygen atoms in total. The first-order valence-electron chi connectivity index (χ1n) is 7.06. The van der Waals surface area contributed by atoms with Crippen LogP contribution in [-0.4, -0.2) is 22.6 Å². The molecule has 1 fully saturated rings. The fourth-order valence-electron chi connectivity index (χ4n) is 2.55. The first-order valence-corrected chi connectivity index (χ1v) is 7.85. The van der Waals surface area contributed by atoms with Gasteiger partial charge >= 0.3 is 0 Å². The van der Waals surface area contributed by atoms with E-state index in [-0.39, 0.29) is 0 Å². The maximum Gasteiger partial charge on any atom is 0.224 e. The summed E-state index contributed by atoms with van der Waals surface area (Å²) in [6.45, 7) is 7.67. The van der Waals surface area contributed by atoms with Crippen LogP contribution in [0.25, 0.3) is 0 Å². The van der Waals surface area contributed by atoms with Gasteiger partial charge in [-0.2, -0.15) is 4.98 Å². The van der Waals surface area contributed by atoms with E-state index >= 15 is 0 Å². The molecule has 5 heteroatoms. The fraction of sp³-hybridized carbons (Fsp3) is 0.714. The molecule has 1 unspecified atom stereocenters. The number of nitrogens with zero attached hydrogens (tertiary/aromatic N) is 2. The highest BCUT2D eigenvalue weighted by Gasteiger charge is 2.34. The lowest BCUT2D eigenvalue weighted by atomic mass is 9.87. The molecule has 19 heavy (non-hydrogen) atoms. The second-order valence-corrected chi connectivity index (χ2v) is 6.75. The third kappa shape index (κ3) is 3.59. The van der Waals surface area contributed by atoms with E-state index in [1.54, 1.807) is 0 Å². The lowest BCUT2D eigenvalue weighted by molar-refractivity contribution is 0.349. The molecule has 0 aliphatic heterocycles. The summed E-state index contributed by atoms with van der Waals surface area (Å²) in [4.78, 5) is 8.84. The summed E-state index contributed by atoms with van der Waals surface area (Å²) < 4.78 is 0.928. The van der Waals surface area contributed by atoms with Gasteiger partial charge in [0.05, 0.1) is 4.47 Å². The van der Waals surface area contributed by atoms with Crippen molar-refractivity contribution in [2.45, 2.75) is 52.5 Å². The van der Waals surface area contributed by atoms with Crippen molar-refractivity contribution < 1.29 is 0 Å². The molecule has 1 saturated carbocycles. The lowest BCUT2D eigenvalue weighted by Crippen LogP contribution is -2.31. The Bertz CT molecular complexity index is 433. The van der Waals surface area contributed by atoms with Gasteiger partial charge in [-0.05, 0) is 40.6 Å². The topological polar surface area (TPSA) is 49.8 Å². The minimum absolute atomic E-state index is 0.335. The van der Waals surface area contributed by atoms with Crippen molar-refractivity contribution in [2.24, 2.45) is 5.41 Å². The van der Waals surface area contributed by atoms with Crippen LogP contribution < -0.4 is 10.6 Å². The van der Waals surface area contributed by atoms with Crippen LogP contribution in [0.5, 0.6) is 0 Å². The van der Waals surface area contributed by atoms with Crippen molar-refractivity contribution in [3.63, 3.8) is 0 Å². The van der Waals surface area contributed by atoms with Crippen LogP contribution in [0.3, 0.4) is 0 Å². The van der Waals surface area contributed by atoms with Crippen molar-refractivity contribution >= 4 is 27.7 Å². The van der Waals surface area contributed by atoms with E-state index < -0.39 is 0 Å². The normalized spacial score (nSPS) is 21.4. The summed E-state index contributed by atoms with van der Waals surface area (Å²) in [7, 11) is 0. The average molecular weight is 327 g/mol. The molecule has 1 aliphatic carbocycles. The van der Waals surface area contributed by atoms with Gasteiger partial charge in [0.1, 0.15) is 5.82 Å². The molecule has 106 valence electrons. The third-order valence-corrected chi connectivity index (χ3v) is 4.43. The number of nitrogens with one attached hydrogen (secondary N) is 2. The molecular formula is C14H23BrN4. The van der Waals surface area contributed by atoms with Gasteiger partial charge in [-0.1, -0.05) is 27.2 Å². The molecule has 1 heterocycles. The number of hydrogen-bond acceptors (Lipinski definition) is 4. The van der Waals surface area contributed by atoms with E-state index in [9.17, 15) is 0 Å². The molecule has 1 aliphatic rings. The standard InChI is InChI=1S/C14H23BrN4/c1-4-8-16-13-17-9-10(15)12(19-13)18-11-6-5-7-14(11,2)3/h9,11H,4-8H2,1-3H3,(H2,16,17,18,19). The summed E-state index contributed by atoms with van der Waals surface area (Å²) in [6, 6.07) is 0.484. The third-order valence-electron chi connectivity index (χ3n) is 3.85. The summed E-state index contributed by atoms with van der Waals surface area (Å²) in [5, 5.41) is 6.80. The Morgan fingerprint density at radius 1 is 1.47 bits per heavy atom. The maximum atomic E-state index is 4.56. The van der Waals surface area contributed by atoms with E-state index in [4.69, 9.17) is 0 Å². The van der Waals surface area contributed by atoms with Gasteiger partial charge in [0.2, 0.25) is 5.95 Å².